The number of ether oxygens (including phenoxy) is 1. The Morgan fingerprint density at radius 1 is 1.13 bits per heavy atom. The van der Waals surface area contributed by atoms with E-state index >= 15 is 0 Å². The number of rotatable bonds is 8. The zero-order chi connectivity index (χ0) is 21.3. The molecule has 1 atom stereocenters. The number of carbonyl (C=O) groups is 2. The Hall–Kier alpha value is -3.26. The molecule has 2 N–H and O–H groups in total. The van der Waals surface area contributed by atoms with E-state index in [2.05, 4.69) is 39.1 Å². The van der Waals surface area contributed by atoms with Crippen LogP contribution in [0.1, 0.15) is 11.8 Å². The third-order valence-electron chi connectivity index (χ3n) is 5.13. The molecule has 8 nitrogen and oxygen atoms in total. The molecule has 160 valence electrons. The van der Waals surface area contributed by atoms with Gasteiger partial charge in [-0.25, -0.2) is 0 Å². The minimum atomic E-state index is -0.669. The number of hydrogen-bond donors (Lipinski definition) is 2. The first-order valence-electron chi connectivity index (χ1n) is 9.95. The molecule has 2 heterocycles. The van der Waals surface area contributed by atoms with Crippen molar-refractivity contribution in [1.82, 2.24) is 15.5 Å². The topological polar surface area (TPSA) is 87.0 Å². The van der Waals surface area contributed by atoms with Crippen LogP contribution < -0.4 is 20.3 Å². The van der Waals surface area contributed by atoms with Crippen molar-refractivity contribution >= 4 is 17.5 Å². The van der Waals surface area contributed by atoms with E-state index in [1.54, 1.807) is 13.4 Å². The van der Waals surface area contributed by atoms with E-state index < -0.39 is 11.8 Å². The molecule has 1 aliphatic heterocycles. The van der Waals surface area contributed by atoms with E-state index in [1.807, 2.05) is 24.3 Å². The van der Waals surface area contributed by atoms with Crippen molar-refractivity contribution in [3.8, 4) is 5.75 Å². The van der Waals surface area contributed by atoms with Gasteiger partial charge in [-0.3, -0.25) is 14.5 Å². The molecule has 1 aromatic heterocycles. The first-order chi connectivity index (χ1) is 14.6. The minimum Gasteiger partial charge on any atom is -0.497 e. The predicted molar refractivity (Wildman–Crippen MR) is 114 cm³/mol. The summed E-state index contributed by atoms with van der Waals surface area (Å²) in [5.41, 5.74) is 1.15. The quantitative estimate of drug-likeness (QED) is 0.506. The van der Waals surface area contributed by atoms with Crippen LogP contribution in [0.4, 0.5) is 5.69 Å². The van der Waals surface area contributed by atoms with Crippen molar-refractivity contribution in [2.24, 2.45) is 0 Å². The molecule has 1 fully saturated rings. The molecule has 1 aromatic carbocycles. The lowest BCUT2D eigenvalue weighted by Gasteiger charge is -2.39. The highest BCUT2D eigenvalue weighted by atomic mass is 16.5. The fraction of sp³-hybridized carbons (Fsp3) is 0.364. The molecule has 0 aliphatic carbocycles. The molecular formula is C22H28N4O4. The maximum Gasteiger partial charge on any atom is 0.309 e. The average molecular weight is 412 g/mol. The van der Waals surface area contributed by atoms with E-state index in [1.165, 1.54) is 6.08 Å². The van der Waals surface area contributed by atoms with Gasteiger partial charge in [0.15, 0.2) is 0 Å². The van der Waals surface area contributed by atoms with Crippen molar-refractivity contribution < 1.29 is 18.7 Å². The number of carbonyl (C=O) groups excluding carboxylic acids is 2. The minimum absolute atomic E-state index is 0.144. The van der Waals surface area contributed by atoms with E-state index in [0.29, 0.717) is 0 Å². The van der Waals surface area contributed by atoms with E-state index in [-0.39, 0.29) is 19.1 Å². The summed E-state index contributed by atoms with van der Waals surface area (Å²) < 4.78 is 10.8. The Bertz CT molecular complexity index is 827. The van der Waals surface area contributed by atoms with Gasteiger partial charge < -0.3 is 24.7 Å². The second kappa shape index (κ2) is 10.5. The highest BCUT2D eigenvalue weighted by Gasteiger charge is 2.28. The largest absolute Gasteiger partial charge is 0.497 e. The first kappa shape index (κ1) is 21.4. The zero-order valence-corrected chi connectivity index (χ0v) is 17.2. The normalized spacial score (nSPS) is 15.3. The van der Waals surface area contributed by atoms with E-state index in [4.69, 9.17) is 9.15 Å². The number of piperazine rings is 1. The summed E-state index contributed by atoms with van der Waals surface area (Å²) in [5.74, 6) is 0.269. The number of methoxy groups -OCH3 is 1. The third-order valence-corrected chi connectivity index (χ3v) is 5.13. The maximum atomic E-state index is 12.1. The summed E-state index contributed by atoms with van der Waals surface area (Å²) in [5, 5.41) is 5.20. The Balaban J connectivity index is 1.59. The van der Waals surface area contributed by atoms with Crippen molar-refractivity contribution in [2.75, 3.05) is 51.3 Å². The van der Waals surface area contributed by atoms with Crippen LogP contribution in [0.2, 0.25) is 0 Å². The molecule has 2 aromatic rings. The molecule has 30 heavy (non-hydrogen) atoms. The van der Waals surface area contributed by atoms with Crippen molar-refractivity contribution in [3.63, 3.8) is 0 Å². The first-order valence-corrected chi connectivity index (χ1v) is 9.95. The SMILES string of the molecule is C=CCNC(=O)C(=O)NC[C@@H](c1ccco1)N1CCN(c2ccc(OC)cc2)CC1. The zero-order valence-electron chi connectivity index (χ0n) is 17.2. The number of furan rings is 1. The number of hydrogen-bond acceptors (Lipinski definition) is 6. The molecule has 3 rings (SSSR count). The highest BCUT2D eigenvalue weighted by Crippen LogP contribution is 2.25. The van der Waals surface area contributed by atoms with Gasteiger partial charge >= 0.3 is 11.8 Å². The van der Waals surface area contributed by atoms with Crippen LogP contribution in [0.3, 0.4) is 0 Å². The highest BCUT2D eigenvalue weighted by molar-refractivity contribution is 6.35. The molecule has 0 unspecified atom stereocenters. The number of nitrogens with zero attached hydrogens (tertiary/aromatic N) is 2. The lowest BCUT2D eigenvalue weighted by Crippen LogP contribution is -2.50. The maximum absolute atomic E-state index is 12.1. The molecule has 1 saturated heterocycles. The van der Waals surface area contributed by atoms with E-state index in [9.17, 15) is 9.59 Å². The van der Waals surface area contributed by atoms with Crippen LogP contribution >= 0.6 is 0 Å². The fourth-order valence-corrected chi connectivity index (χ4v) is 3.49. The fourth-order valence-electron chi connectivity index (χ4n) is 3.49. The predicted octanol–water partition coefficient (Wildman–Crippen LogP) is 1.57. The second-order valence-corrected chi connectivity index (χ2v) is 6.96. The van der Waals surface area contributed by atoms with Crippen molar-refractivity contribution in [3.05, 3.63) is 61.1 Å². The average Bonchev–Trinajstić information content (AvgIpc) is 3.32. The van der Waals surface area contributed by atoms with Crippen LogP contribution in [0.15, 0.2) is 59.7 Å². The Labute approximate surface area is 176 Å². The summed E-state index contributed by atoms with van der Waals surface area (Å²) in [7, 11) is 1.66. The van der Waals surface area contributed by atoms with Crippen LogP contribution in [0.5, 0.6) is 5.75 Å². The number of anilines is 1. The van der Waals surface area contributed by atoms with Crippen molar-refractivity contribution in [2.45, 2.75) is 6.04 Å². The summed E-state index contributed by atoms with van der Waals surface area (Å²) in [4.78, 5) is 28.4. The van der Waals surface area contributed by atoms with Crippen LogP contribution in [0, 0.1) is 0 Å². The number of benzene rings is 1. The number of nitrogens with one attached hydrogen (secondary N) is 2. The monoisotopic (exact) mass is 412 g/mol. The molecule has 0 saturated carbocycles. The van der Waals surface area contributed by atoms with Gasteiger partial charge in [0, 0.05) is 45.0 Å². The lowest BCUT2D eigenvalue weighted by molar-refractivity contribution is -0.139. The van der Waals surface area contributed by atoms with Gasteiger partial charge in [-0.05, 0) is 36.4 Å². The summed E-state index contributed by atoms with van der Waals surface area (Å²) >= 11 is 0. The molecule has 0 radical (unpaired) electrons. The molecular weight excluding hydrogens is 384 g/mol. The molecule has 8 heteroatoms. The second-order valence-electron chi connectivity index (χ2n) is 6.96. The Morgan fingerprint density at radius 2 is 1.83 bits per heavy atom. The van der Waals surface area contributed by atoms with Gasteiger partial charge in [-0.15, -0.1) is 6.58 Å². The summed E-state index contributed by atoms with van der Waals surface area (Å²) in [6.07, 6.45) is 3.15. The number of amides is 2. The van der Waals surface area contributed by atoms with Gasteiger partial charge in [0.25, 0.3) is 0 Å². The van der Waals surface area contributed by atoms with Gasteiger partial charge in [0.1, 0.15) is 11.5 Å². The molecule has 2 amide bonds. The summed E-state index contributed by atoms with van der Waals surface area (Å²) in [6.45, 7) is 7.35. The van der Waals surface area contributed by atoms with E-state index in [0.717, 1.165) is 43.4 Å². The molecule has 0 bridgehead atoms. The van der Waals surface area contributed by atoms with Crippen molar-refractivity contribution in [1.29, 1.82) is 0 Å². The van der Waals surface area contributed by atoms with Crippen LogP contribution in [0.25, 0.3) is 0 Å². The van der Waals surface area contributed by atoms with Gasteiger partial charge in [0.05, 0.1) is 19.4 Å². The standard InChI is InChI=1S/C22H28N4O4/c1-3-10-23-21(27)22(28)24-16-19(20-5-4-15-30-20)26-13-11-25(12-14-26)17-6-8-18(29-2)9-7-17/h3-9,15,19H,1,10-14,16H2,2H3,(H,23,27)(H,24,28)/t19-/m0/s1. The van der Waals surface area contributed by atoms with Gasteiger partial charge in [0.2, 0.25) is 0 Å². The van der Waals surface area contributed by atoms with Crippen LogP contribution in [-0.2, 0) is 9.59 Å². The van der Waals surface area contributed by atoms with Gasteiger partial charge in [-0.1, -0.05) is 6.08 Å². The van der Waals surface area contributed by atoms with Gasteiger partial charge in [-0.2, -0.15) is 0 Å². The Kier molecular flexibility index (Phi) is 7.51. The molecule has 1 aliphatic rings. The lowest BCUT2D eigenvalue weighted by atomic mass is 10.1. The summed E-state index contributed by atoms with van der Waals surface area (Å²) in [6, 6.07) is 11.6. The molecule has 0 spiro atoms. The van der Waals surface area contributed by atoms with Crippen LogP contribution in [-0.4, -0.2) is 63.1 Å². The smallest absolute Gasteiger partial charge is 0.309 e. The Morgan fingerprint density at radius 3 is 2.43 bits per heavy atom. The third kappa shape index (κ3) is 5.42.